The van der Waals surface area contributed by atoms with Gasteiger partial charge in [-0.3, -0.25) is 9.59 Å². The van der Waals surface area contributed by atoms with Crippen LogP contribution in [0.15, 0.2) is 48.5 Å². The highest BCUT2D eigenvalue weighted by atomic mass is 16.3. The first-order valence-electron chi connectivity index (χ1n) is 8.46. The molecule has 0 aromatic heterocycles. The minimum atomic E-state index is -0.756. The van der Waals surface area contributed by atoms with E-state index in [-0.39, 0.29) is 18.4 Å². The molecule has 0 radical (unpaired) electrons. The van der Waals surface area contributed by atoms with Crippen LogP contribution < -0.4 is 10.6 Å². The van der Waals surface area contributed by atoms with E-state index in [1.54, 1.807) is 24.3 Å². The van der Waals surface area contributed by atoms with E-state index in [2.05, 4.69) is 10.6 Å². The third kappa shape index (κ3) is 4.67. The molecule has 25 heavy (non-hydrogen) atoms. The van der Waals surface area contributed by atoms with Gasteiger partial charge in [-0.05, 0) is 49.6 Å². The lowest BCUT2D eigenvalue weighted by atomic mass is 10.1. The second-order valence-corrected chi connectivity index (χ2v) is 6.46. The van der Waals surface area contributed by atoms with E-state index in [4.69, 9.17) is 0 Å². The fraction of sp³-hybridized carbons (Fsp3) is 0.300. The second kappa shape index (κ2) is 7.49. The molecule has 1 saturated carbocycles. The van der Waals surface area contributed by atoms with Crippen LogP contribution in [0.25, 0.3) is 0 Å². The first-order valence-corrected chi connectivity index (χ1v) is 8.46. The molecule has 0 aliphatic heterocycles. The summed E-state index contributed by atoms with van der Waals surface area (Å²) in [5.74, 6) is -0.385. The highest BCUT2D eigenvalue weighted by molar-refractivity contribution is 5.98. The van der Waals surface area contributed by atoms with E-state index >= 15 is 0 Å². The third-order valence-corrected chi connectivity index (χ3v) is 4.24. The van der Waals surface area contributed by atoms with Gasteiger partial charge in [-0.15, -0.1) is 0 Å². The van der Waals surface area contributed by atoms with E-state index in [1.165, 1.54) is 0 Å². The summed E-state index contributed by atoms with van der Waals surface area (Å²) in [7, 11) is 0. The fourth-order valence-electron chi connectivity index (χ4n) is 2.47. The summed E-state index contributed by atoms with van der Waals surface area (Å²) in [5.41, 5.74) is 2.88. The molecule has 1 aliphatic rings. The van der Waals surface area contributed by atoms with Crippen molar-refractivity contribution in [3.05, 3.63) is 70.8 Å². The average Bonchev–Trinajstić information content (AvgIpc) is 3.44. The van der Waals surface area contributed by atoms with Gasteiger partial charge in [0.2, 0.25) is 0 Å². The quantitative estimate of drug-likeness (QED) is 0.756. The number of amides is 2. The van der Waals surface area contributed by atoms with Crippen LogP contribution in [0.3, 0.4) is 0 Å². The SMILES string of the molecule is Cc1ccc(C(O)CNC(=O)c2ccc(C(=O)NC3CC3)cc2)cc1. The Hall–Kier alpha value is -2.66. The molecule has 1 aliphatic carbocycles. The number of benzene rings is 2. The van der Waals surface area contributed by atoms with Crippen LogP contribution in [0.2, 0.25) is 0 Å². The molecule has 1 fully saturated rings. The van der Waals surface area contributed by atoms with Crippen LogP contribution in [0.5, 0.6) is 0 Å². The zero-order chi connectivity index (χ0) is 17.8. The van der Waals surface area contributed by atoms with Crippen molar-refractivity contribution in [2.75, 3.05) is 6.54 Å². The molecule has 5 nitrogen and oxygen atoms in total. The van der Waals surface area contributed by atoms with Gasteiger partial charge in [-0.2, -0.15) is 0 Å². The van der Waals surface area contributed by atoms with Crippen molar-refractivity contribution < 1.29 is 14.7 Å². The van der Waals surface area contributed by atoms with Gasteiger partial charge in [-0.1, -0.05) is 29.8 Å². The Bertz CT molecular complexity index is 750. The highest BCUT2D eigenvalue weighted by Gasteiger charge is 2.23. The van der Waals surface area contributed by atoms with Gasteiger partial charge in [0.15, 0.2) is 0 Å². The zero-order valence-electron chi connectivity index (χ0n) is 14.2. The van der Waals surface area contributed by atoms with Gasteiger partial charge in [0, 0.05) is 23.7 Å². The highest BCUT2D eigenvalue weighted by Crippen LogP contribution is 2.19. The van der Waals surface area contributed by atoms with Crippen LogP contribution in [0.1, 0.15) is 50.8 Å². The number of aliphatic hydroxyl groups excluding tert-OH is 1. The Balaban J connectivity index is 1.53. The molecule has 2 aromatic carbocycles. The summed E-state index contributed by atoms with van der Waals surface area (Å²) in [6.07, 6.45) is 1.32. The third-order valence-electron chi connectivity index (χ3n) is 4.24. The molecule has 0 heterocycles. The van der Waals surface area contributed by atoms with E-state index < -0.39 is 6.10 Å². The minimum absolute atomic E-state index is 0.107. The number of carbonyl (C=O) groups excluding carboxylic acids is 2. The lowest BCUT2D eigenvalue weighted by Gasteiger charge is -2.13. The van der Waals surface area contributed by atoms with Crippen molar-refractivity contribution >= 4 is 11.8 Å². The van der Waals surface area contributed by atoms with Crippen molar-refractivity contribution in [2.45, 2.75) is 31.9 Å². The molecule has 3 N–H and O–H groups in total. The summed E-state index contributed by atoms with van der Waals surface area (Å²) in [4.78, 5) is 24.1. The molecular formula is C20H22N2O3. The molecule has 130 valence electrons. The van der Waals surface area contributed by atoms with Crippen LogP contribution in [-0.2, 0) is 0 Å². The fourth-order valence-corrected chi connectivity index (χ4v) is 2.47. The van der Waals surface area contributed by atoms with E-state index in [9.17, 15) is 14.7 Å². The average molecular weight is 338 g/mol. The van der Waals surface area contributed by atoms with Gasteiger partial charge in [0.1, 0.15) is 0 Å². The van der Waals surface area contributed by atoms with Crippen molar-refractivity contribution in [3.8, 4) is 0 Å². The van der Waals surface area contributed by atoms with Crippen molar-refractivity contribution in [1.82, 2.24) is 10.6 Å². The lowest BCUT2D eigenvalue weighted by molar-refractivity contribution is 0.0913. The summed E-state index contributed by atoms with van der Waals surface area (Å²) in [5, 5.41) is 15.8. The molecule has 0 bridgehead atoms. The number of nitrogens with one attached hydrogen (secondary N) is 2. The normalized spacial score (nSPS) is 14.6. The van der Waals surface area contributed by atoms with Crippen LogP contribution in [0.4, 0.5) is 0 Å². The second-order valence-electron chi connectivity index (χ2n) is 6.46. The number of aryl methyl sites for hydroxylation is 1. The molecule has 2 aromatic rings. The van der Waals surface area contributed by atoms with Crippen molar-refractivity contribution in [3.63, 3.8) is 0 Å². The predicted molar refractivity (Wildman–Crippen MR) is 95.4 cm³/mol. The first-order chi connectivity index (χ1) is 12.0. The Morgan fingerprint density at radius 2 is 1.56 bits per heavy atom. The van der Waals surface area contributed by atoms with E-state index in [1.807, 2.05) is 31.2 Å². The van der Waals surface area contributed by atoms with Crippen LogP contribution >= 0.6 is 0 Å². The molecule has 5 heteroatoms. The molecule has 0 saturated heterocycles. The van der Waals surface area contributed by atoms with Gasteiger partial charge >= 0.3 is 0 Å². The topological polar surface area (TPSA) is 78.4 Å². The van der Waals surface area contributed by atoms with Crippen molar-refractivity contribution in [1.29, 1.82) is 0 Å². The van der Waals surface area contributed by atoms with Crippen LogP contribution in [0, 0.1) is 6.92 Å². The zero-order valence-corrected chi connectivity index (χ0v) is 14.2. The molecular weight excluding hydrogens is 316 g/mol. The maximum absolute atomic E-state index is 12.2. The number of rotatable bonds is 6. The number of hydrogen-bond acceptors (Lipinski definition) is 3. The smallest absolute Gasteiger partial charge is 0.251 e. The van der Waals surface area contributed by atoms with Crippen LogP contribution in [-0.4, -0.2) is 29.5 Å². The molecule has 1 atom stereocenters. The summed E-state index contributed by atoms with van der Waals surface area (Å²) in [6.45, 7) is 2.11. The monoisotopic (exact) mass is 338 g/mol. The van der Waals surface area contributed by atoms with E-state index in [0.717, 1.165) is 24.0 Å². The Labute approximate surface area is 147 Å². The summed E-state index contributed by atoms with van der Waals surface area (Å²) < 4.78 is 0. The van der Waals surface area contributed by atoms with Crippen molar-refractivity contribution in [2.24, 2.45) is 0 Å². The molecule has 1 unspecified atom stereocenters. The Morgan fingerprint density at radius 3 is 2.12 bits per heavy atom. The van der Waals surface area contributed by atoms with Gasteiger partial charge < -0.3 is 15.7 Å². The molecule has 0 spiro atoms. The van der Waals surface area contributed by atoms with Gasteiger partial charge in [0.05, 0.1) is 6.10 Å². The Morgan fingerprint density at radius 1 is 1.00 bits per heavy atom. The largest absolute Gasteiger partial charge is 0.387 e. The predicted octanol–water partition coefficient (Wildman–Crippen LogP) is 2.35. The number of aliphatic hydroxyl groups is 1. The lowest BCUT2D eigenvalue weighted by Crippen LogP contribution is -2.28. The maximum atomic E-state index is 12.2. The standard InChI is InChI=1S/C20H22N2O3/c1-13-2-4-14(5-3-13)18(23)12-21-19(24)15-6-8-16(9-7-15)20(25)22-17-10-11-17/h2-9,17-18,23H,10-12H2,1H3,(H,21,24)(H,22,25). The van der Waals surface area contributed by atoms with Gasteiger partial charge in [0.25, 0.3) is 11.8 Å². The van der Waals surface area contributed by atoms with Gasteiger partial charge in [-0.25, -0.2) is 0 Å². The first kappa shape index (κ1) is 17.2. The number of hydrogen-bond donors (Lipinski definition) is 3. The Kier molecular flexibility index (Phi) is 5.14. The summed E-state index contributed by atoms with van der Waals surface area (Å²) in [6, 6.07) is 14.4. The molecule has 3 rings (SSSR count). The minimum Gasteiger partial charge on any atom is -0.387 e. The summed E-state index contributed by atoms with van der Waals surface area (Å²) >= 11 is 0. The van der Waals surface area contributed by atoms with E-state index in [0.29, 0.717) is 17.2 Å². The molecule has 2 amide bonds. The maximum Gasteiger partial charge on any atom is 0.251 e. The number of carbonyl (C=O) groups is 2.